The number of hydrogen-bond donors (Lipinski definition) is 1. The quantitative estimate of drug-likeness (QED) is 0.585. The highest BCUT2D eigenvalue weighted by Crippen LogP contribution is 2.17. The molecule has 0 saturated heterocycles. The Morgan fingerprint density at radius 1 is 1.09 bits per heavy atom. The first kappa shape index (κ1) is 16.7. The highest BCUT2D eigenvalue weighted by Gasteiger charge is 2.02. The molecule has 22 heavy (non-hydrogen) atoms. The summed E-state index contributed by atoms with van der Waals surface area (Å²) in [6, 6.07) is 17.2. The molecule has 116 valence electrons. The third kappa shape index (κ3) is 6.41. The summed E-state index contributed by atoms with van der Waals surface area (Å²) in [5.74, 6) is 1.56. The van der Waals surface area contributed by atoms with Crippen LogP contribution in [0, 0.1) is 0 Å². The van der Waals surface area contributed by atoms with Crippen LogP contribution < -0.4 is 10.1 Å². The molecule has 0 heterocycles. The van der Waals surface area contributed by atoms with E-state index in [4.69, 9.17) is 16.3 Å². The Morgan fingerprint density at radius 2 is 1.82 bits per heavy atom. The summed E-state index contributed by atoms with van der Waals surface area (Å²) >= 11 is 7.47. The third-order valence-electron chi connectivity index (χ3n) is 2.85. The number of halogens is 1. The van der Waals surface area contributed by atoms with Crippen LogP contribution in [0.5, 0.6) is 5.75 Å². The van der Waals surface area contributed by atoms with Crippen molar-refractivity contribution in [3.05, 3.63) is 59.6 Å². The molecule has 0 saturated carbocycles. The highest BCUT2D eigenvalue weighted by molar-refractivity contribution is 7.99. The van der Waals surface area contributed by atoms with E-state index >= 15 is 0 Å². The number of rotatable bonds is 8. The van der Waals surface area contributed by atoms with Crippen molar-refractivity contribution in [3.8, 4) is 5.75 Å². The van der Waals surface area contributed by atoms with E-state index in [2.05, 4.69) is 5.32 Å². The van der Waals surface area contributed by atoms with Crippen molar-refractivity contribution in [2.45, 2.75) is 11.3 Å². The summed E-state index contributed by atoms with van der Waals surface area (Å²) in [6.45, 7) is 0.941. The first-order valence-electron chi connectivity index (χ1n) is 7.07. The van der Waals surface area contributed by atoms with E-state index in [1.54, 1.807) is 36.0 Å². The van der Waals surface area contributed by atoms with Gasteiger partial charge in [-0.25, -0.2) is 0 Å². The molecule has 0 atom stereocenters. The van der Waals surface area contributed by atoms with Gasteiger partial charge in [0, 0.05) is 22.1 Å². The van der Waals surface area contributed by atoms with Gasteiger partial charge in [0.2, 0.25) is 5.91 Å². The summed E-state index contributed by atoms with van der Waals surface area (Å²) in [7, 11) is 0. The van der Waals surface area contributed by atoms with Gasteiger partial charge in [-0.15, -0.1) is 11.8 Å². The van der Waals surface area contributed by atoms with E-state index in [-0.39, 0.29) is 5.91 Å². The zero-order chi connectivity index (χ0) is 15.6. The molecular formula is C17H18ClNO2S. The lowest BCUT2D eigenvalue weighted by Gasteiger charge is -2.08. The number of thioether (sulfide) groups is 1. The Kier molecular flexibility index (Phi) is 7.13. The van der Waals surface area contributed by atoms with Crippen molar-refractivity contribution in [2.24, 2.45) is 0 Å². The van der Waals surface area contributed by atoms with Crippen LogP contribution in [0.15, 0.2) is 59.5 Å². The number of hydrogen-bond acceptors (Lipinski definition) is 3. The summed E-state index contributed by atoms with van der Waals surface area (Å²) in [5, 5.41) is 3.52. The molecular weight excluding hydrogens is 318 g/mol. The largest absolute Gasteiger partial charge is 0.492 e. The number of nitrogens with one attached hydrogen (secondary N) is 1. The van der Waals surface area contributed by atoms with Gasteiger partial charge in [0.25, 0.3) is 0 Å². The molecule has 2 rings (SSSR count). The minimum Gasteiger partial charge on any atom is -0.492 e. The van der Waals surface area contributed by atoms with Crippen LogP contribution in [0.4, 0.5) is 0 Å². The van der Waals surface area contributed by atoms with Gasteiger partial charge < -0.3 is 10.1 Å². The average molecular weight is 336 g/mol. The Balaban J connectivity index is 1.55. The predicted molar refractivity (Wildman–Crippen MR) is 91.7 cm³/mol. The molecule has 0 bridgehead atoms. The maximum absolute atomic E-state index is 11.7. The Labute approximate surface area is 140 Å². The lowest BCUT2D eigenvalue weighted by molar-refractivity contribution is -0.120. The highest BCUT2D eigenvalue weighted by atomic mass is 35.5. The van der Waals surface area contributed by atoms with Crippen molar-refractivity contribution < 1.29 is 9.53 Å². The molecule has 1 N–H and O–H groups in total. The second kappa shape index (κ2) is 9.38. The van der Waals surface area contributed by atoms with Crippen molar-refractivity contribution in [1.82, 2.24) is 5.32 Å². The molecule has 3 nitrogen and oxygen atoms in total. The van der Waals surface area contributed by atoms with Crippen LogP contribution in [-0.4, -0.2) is 24.8 Å². The smallest absolute Gasteiger partial charge is 0.220 e. The Bertz CT molecular complexity index is 575. The molecule has 0 spiro atoms. The van der Waals surface area contributed by atoms with Crippen molar-refractivity contribution in [2.75, 3.05) is 18.9 Å². The van der Waals surface area contributed by atoms with Gasteiger partial charge in [-0.1, -0.05) is 29.8 Å². The fourth-order valence-corrected chi connectivity index (χ4v) is 2.76. The zero-order valence-corrected chi connectivity index (χ0v) is 13.7. The molecule has 0 aliphatic carbocycles. The lowest BCUT2D eigenvalue weighted by atomic mass is 10.3. The molecule has 2 aromatic rings. The predicted octanol–water partition coefficient (Wildman–Crippen LogP) is 4.02. The van der Waals surface area contributed by atoms with Gasteiger partial charge in [-0.05, 0) is 36.4 Å². The standard InChI is InChI=1S/C17H18ClNO2S/c18-14-6-8-15(9-7-14)21-12-11-19-17(20)10-13-22-16-4-2-1-3-5-16/h1-9H,10-13H2,(H,19,20). The van der Waals surface area contributed by atoms with Gasteiger partial charge in [-0.3, -0.25) is 4.79 Å². The summed E-state index contributed by atoms with van der Waals surface area (Å²) in [6.07, 6.45) is 0.501. The third-order valence-corrected chi connectivity index (χ3v) is 4.11. The number of carbonyl (C=O) groups excluding carboxylic acids is 1. The maximum Gasteiger partial charge on any atom is 0.220 e. The van der Waals surface area contributed by atoms with Crippen LogP contribution in [-0.2, 0) is 4.79 Å². The van der Waals surface area contributed by atoms with E-state index in [0.717, 1.165) is 11.5 Å². The molecule has 0 aliphatic heterocycles. The molecule has 1 amide bonds. The molecule has 2 aromatic carbocycles. The fourth-order valence-electron chi connectivity index (χ4n) is 1.76. The van der Waals surface area contributed by atoms with Gasteiger partial charge in [-0.2, -0.15) is 0 Å². The number of amides is 1. The van der Waals surface area contributed by atoms with Crippen LogP contribution >= 0.6 is 23.4 Å². The first-order valence-corrected chi connectivity index (χ1v) is 8.43. The average Bonchev–Trinajstić information content (AvgIpc) is 2.54. The van der Waals surface area contributed by atoms with E-state index in [1.807, 2.05) is 30.3 Å². The molecule has 0 unspecified atom stereocenters. The van der Waals surface area contributed by atoms with Crippen molar-refractivity contribution >= 4 is 29.3 Å². The number of benzene rings is 2. The van der Waals surface area contributed by atoms with Gasteiger partial charge in [0.05, 0.1) is 6.54 Å². The minimum absolute atomic E-state index is 0.0446. The first-order chi connectivity index (χ1) is 10.7. The summed E-state index contributed by atoms with van der Waals surface area (Å²) < 4.78 is 5.51. The Morgan fingerprint density at radius 3 is 2.55 bits per heavy atom. The van der Waals surface area contributed by atoms with Crippen LogP contribution in [0.1, 0.15) is 6.42 Å². The molecule has 0 radical (unpaired) electrons. The molecule has 0 fully saturated rings. The maximum atomic E-state index is 11.7. The molecule has 0 aromatic heterocycles. The molecule has 5 heteroatoms. The van der Waals surface area contributed by atoms with Crippen LogP contribution in [0.3, 0.4) is 0 Å². The van der Waals surface area contributed by atoms with E-state index in [0.29, 0.717) is 24.6 Å². The normalized spacial score (nSPS) is 10.2. The molecule has 0 aliphatic rings. The van der Waals surface area contributed by atoms with Gasteiger partial charge in [0.1, 0.15) is 12.4 Å². The summed E-state index contributed by atoms with van der Waals surface area (Å²) in [5.41, 5.74) is 0. The minimum atomic E-state index is 0.0446. The zero-order valence-electron chi connectivity index (χ0n) is 12.1. The SMILES string of the molecule is O=C(CCSc1ccccc1)NCCOc1ccc(Cl)cc1. The van der Waals surface area contributed by atoms with Crippen molar-refractivity contribution in [3.63, 3.8) is 0 Å². The van der Waals surface area contributed by atoms with Gasteiger partial charge in [0.15, 0.2) is 0 Å². The van der Waals surface area contributed by atoms with E-state index < -0.39 is 0 Å². The van der Waals surface area contributed by atoms with E-state index in [9.17, 15) is 4.79 Å². The monoisotopic (exact) mass is 335 g/mol. The second-order valence-corrected chi connectivity index (χ2v) is 6.17. The Hall–Kier alpha value is -1.65. The van der Waals surface area contributed by atoms with Gasteiger partial charge >= 0.3 is 0 Å². The topological polar surface area (TPSA) is 38.3 Å². The number of carbonyl (C=O) groups is 1. The second-order valence-electron chi connectivity index (χ2n) is 4.56. The fraction of sp³-hybridized carbons (Fsp3) is 0.235. The lowest BCUT2D eigenvalue weighted by Crippen LogP contribution is -2.28. The van der Waals surface area contributed by atoms with E-state index in [1.165, 1.54) is 4.90 Å². The van der Waals surface area contributed by atoms with Crippen LogP contribution in [0.25, 0.3) is 0 Å². The number of ether oxygens (including phenoxy) is 1. The van der Waals surface area contributed by atoms with Crippen LogP contribution in [0.2, 0.25) is 5.02 Å². The van der Waals surface area contributed by atoms with Crippen molar-refractivity contribution in [1.29, 1.82) is 0 Å². The summed E-state index contributed by atoms with van der Waals surface area (Å²) in [4.78, 5) is 12.9.